The number of amides is 2. The van der Waals surface area contributed by atoms with E-state index in [2.05, 4.69) is 10.6 Å². The number of ether oxygens (including phenoxy) is 1. The van der Waals surface area contributed by atoms with E-state index in [0.29, 0.717) is 5.69 Å². The molecule has 0 aliphatic rings. The number of nitrogens with zero attached hydrogens (tertiary/aromatic N) is 1. The van der Waals surface area contributed by atoms with Gasteiger partial charge in [-0.1, -0.05) is 6.07 Å². The first kappa shape index (κ1) is 16.8. The molecule has 0 unspecified atom stereocenters. The van der Waals surface area contributed by atoms with E-state index in [9.17, 15) is 9.59 Å². The molecular formula is C14H21N3O4. The number of urea groups is 1. The Morgan fingerprint density at radius 2 is 2.05 bits per heavy atom. The summed E-state index contributed by atoms with van der Waals surface area (Å²) in [6, 6.07) is 5.28. The fourth-order valence-electron chi connectivity index (χ4n) is 1.74. The first-order chi connectivity index (χ1) is 9.90. The number of carboxylic acids is 1. The van der Waals surface area contributed by atoms with Gasteiger partial charge in [0.25, 0.3) is 0 Å². The molecule has 116 valence electrons. The monoisotopic (exact) mass is 295 g/mol. The van der Waals surface area contributed by atoms with Crippen molar-refractivity contribution in [2.24, 2.45) is 0 Å². The topological polar surface area (TPSA) is 90.9 Å². The average Bonchev–Trinajstić information content (AvgIpc) is 2.40. The molecule has 0 bridgehead atoms. The van der Waals surface area contributed by atoms with Crippen LogP contribution in [-0.4, -0.2) is 51.0 Å². The Kier molecular flexibility index (Phi) is 6.48. The van der Waals surface area contributed by atoms with Gasteiger partial charge >= 0.3 is 12.0 Å². The third kappa shape index (κ3) is 6.13. The number of carboxylic acid groups (broad SMARTS) is 1. The Bertz CT molecular complexity index is 503. The van der Waals surface area contributed by atoms with Crippen LogP contribution in [0.5, 0.6) is 0 Å². The molecule has 0 saturated carbocycles. The molecule has 0 atom stereocenters. The molecule has 21 heavy (non-hydrogen) atoms. The molecule has 1 rings (SSSR count). The average molecular weight is 295 g/mol. The number of hydrogen-bond donors (Lipinski definition) is 3. The van der Waals surface area contributed by atoms with Gasteiger partial charge in [-0.15, -0.1) is 0 Å². The molecule has 7 nitrogen and oxygen atoms in total. The van der Waals surface area contributed by atoms with Crippen LogP contribution in [0.15, 0.2) is 18.2 Å². The first-order valence-electron chi connectivity index (χ1n) is 6.52. The highest BCUT2D eigenvalue weighted by atomic mass is 16.5. The minimum atomic E-state index is -1.03. The van der Waals surface area contributed by atoms with Crippen LogP contribution in [0.2, 0.25) is 0 Å². The van der Waals surface area contributed by atoms with Gasteiger partial charge in [-0.25, -0.2) is 9.59 Å². The molecule has 0 fully saturated rings. The Balaban J connectivity index is 2.41. The standard InChI is InChI=1S/C14H21N3O4/c1-10-4-5-11(8-12(10)17(2)3)16-14(20)15-6-7-21-9-13(18)19/h4-5,8H,6-7,9H2,1-3H3,(H,18,19)(H2,15,16,20). The first-order valence-corrected chi connectivity index (χ1v) is 6.52. The summed E-state index contributed by atoms with van der Waals surface area (Å²) in [5.74, 6) is -1.03. The van der Waals surface area contributed by atoms with E-state index in [1.165, 1.54) is 0 Å². The zero-order valence-corrected chi connectivity index (χ0v) is 12.5. The van der Waals surface area contributed by atoms with Gasteiger partial charge in [0.2, 0.25) is 0 Å². The molecule has 0 aliphatic carbocycles. The number of hydrogen-bond acceptors (Lipinski definition) is 4. The molecule has 0 saturated heterocycles. The maximum atomic E-state index is 11.7. The SMILES string of the molecule is Cc1ccc(NC(=O)NCCOCC(=O)O)cc1N(C)C. The van der Waals surface area contributed by atoms with E-state index < -0.39 is 5.97 Å². The van der Waals surface area contributed by atoms with Crippen LogP contribution in [0.1, 0.15) is 5.56 Å². The lowest BCUT2D eigenvalue weighted by molar-refractivity contribution is -0.142. The highest BCUT2D eigenvalue weighted by Crippen LogP contribution is 2.22. The number of benzene rings is 1. The summed E-state index contributed by atoms with van der Waals surface area (Å²) in [6.07, 6.45) is 0. The quantitative estimate of drug-likeness (QED) is 0.659. The molecule has 2 amide bonds. The molecule has 0 aromatic heterocycles. The second-order valence-corrected chi connectivity index (χ2v) is 4.72. The van der Waals surface area contributed by atoms with Gasteiger partial charge in [0.05, 0.1) is 6.61 Å². The molecule has 0 aliphatic heterocycles. The number of aliphatic carboxylic acids is 1. The van der Waals surface area contributed by atoms with Gasteiger partial charge in [-0.3, -0.25) is 0 Å². The molecule has 0 spiro atoms. The zero-order chi connectivity index (χ0) is 15.8. The van der Waals surface area contributed by atoms with E-state index in [4.69, 9.17) is 9.84 Å². The number of anilines is 2. The summed E-state index contributed by atoms with van der Waals surface area (Å²) in [5.41, 5.74) is 2.83. The van der Waals surface area contributed by atoms with Crippen molar-refractivity contribution in [2.75, 3.05) is 44.1 Å². The summed E-state index contributed by atoms with van der Waals surface area (Å²) in [7, 11) is 3.87. The smallest absolute Gasteiger partial charge is 0.329 e. The van der Waals surface area contributed by atoms with E-state index in [1.54, 1.807) is 0 Å². The Labute approximate surface area is 123 Å². The third-order valence-corrected chi connectivity index (χ3v) is 2.71. The van der Waals surface area contributed by atoms with Gasteiger partial charge in [-0.2, -0.15) is 0 Å². The van der Waals surface area contributed by atoms with Crippen LogP contribution in [0, 0.1) is 6.92 Å². The predicted octanol–water partition coefficient (Wildman–Crippen LogP) is 1.28. The van der Waals surface area contributed by atoms with E-state index in [-0.39, 0.29) is 25.8 Å². The Hall–Kier alpha value is -2.28. The summed E-state index contributed by atoms with van der Waals surface area (Å²) in [5, 5.41) is 13.7. The van der Waals surface area contributed by atoms with E-state index >= 15 is 0 Å². The Morgan fingerprint density at radius 3 is 2.67 bits per heavy atom. The van der Waals surface area contributed by atoms with Crippen molar-refractivity contribution >= 4 is 23.4 Å². The maximum Gasteiger partial charge on any atom is 0.329 e. The lowest BCUT2D eigenvalue weighted by atomic mass is 10.1. The summed E-state index contributed by atoms with van der Waals surface area (Å²) < 4.78 is 4.81. The molecule has 0 radical (unpaired) electrons. The number of nitrogens with one attached hydrogen (secondary N) is 2. The van der Waals surface area contributed by atoms with Crippen molar-refractivity contribution in [3.05, 3.63) is 23.8 Å². The fourth-order valence-corrected chi connectivity index (χ4v) is 1.74. The molecule has 0 heterocycles. The zero-order valence-electron chi connectivity index (χ0n) is 12.5. The normalized spacial score (nSPS) is 10.0. The minimum Gasteiger partial charge on any atom is -0.480 e. The van der Waals surface area contributed by atoms with E-state index in [1.807, 2.05) is 44.1 Å². The van der Waals surface area contributed by atoms with Crippen LogP contribution in [0.3, 0.4) is 0 Å². The molecule has 1 aromatic rings. The molecule has 7 heteroatoms. The van der Waals surface area contributed by atoms with Crippen molar-refractivity contribution < 1.29 is 19.4 Å². The summed E-state index contributed by atoms with van der Waals surface area (Å²) in [6.45, 7) is 2.02. The second kappa shape index (κ2) is 8.11. The van der Waals surface area contributed by atoms with Gasteiger partial charge in [-0.05, 0) is 24.6 Å². The van der Waals surface area contributed by atoms with Crippen LogP contribution < -0.4 is 15.5 Å². The number of carbonyl (C=O) groups excluding carboxylic acids is 1. The Morgan fingerprint density at radius 1 is 1.33 bits per heavy atom. The number of rotatable bonds is 7. The van der Waals surface area contributed by atoms with Gasteiger partial charge in [0.1, 0.15) is 6.61 Å². The third-order valence-electron chi connectivity index (χ3n) is 2.71. The van der Waals surface area contributed by atoms with Crippen molar-refractivity contribution in [3.63, 3.8) is 0 Å². The highest BCUT2D eigenvalue weighted by molar-refractivity contribution is 5.90. The number of aryl methyl sites for hydroxylation is 1. The lowest BCUT2D eigenvalue weighted by Gasteiger charge is -2.17. The van der Waals surface area contributed by atoms with Crippen molar-refractivity contribution in [2.45, 2.75) is 6.92 Å². The molecular weight excluding hydrogens is 274 g/mol. The van der Waals surface area contributed by atoms with Crippen LogP contribution >= 0.6 is 0 Å². The second-order valence-electron chi connectivity index (χ2n) is 4.72. The van der Waals surface area contributed by atoms with Crippen molar-refractivity contribution in [1.29, 1.82) is 0 Å². The lowest BCUT2D eigenvalue weighted by Crippen LogP contribution is -2.32. The van der Waals surface area contributed by atoms with Crippen LogP contribution in [-0.2, 0) is 9.53 Å². The predicted molar refractivity (Wildman–Crippen MR) is 81.0 cm³/mol. The largest absolute Gasteiger partial charge is 0.480 e. The van der Waals surface area contributed by atoms with Crippen molar-refractivity contribution in [1.82, 2.24) is 5.32 Å². The highest BCUT2D eigenvalue weighted by Gasteiger charge is 2.05. The maximum absolute atomic E-state index is 11.7. The molecule has 3 N–H and O–H groups in total. The van der Waals surface area contributed by atoms with Crippen molar-refractivity contribution in [3.8, 4) is 0 Å². The fraction of sp³-hybridized carbons (Fsp3) is 0.429. The summed E-state index contributed by atoms with van der Waals surface area (Å²) in [4.78, 5) is 23.9. The van der Waals surface area contributed by atoms with Gasteiger partial charge < -0.3 is 25.4 Å². The minimum absolute atomic E-state index is 0.149. The number of carbonyl (C=O) groups is 2. The molecule has 1 aromatic carbocycles. The van der Waals surface area contributed by atoms with Crippen LogP contribution in [0.25, 0.3) is 0 Å². The van der Waals surface area contributed by atoms with E-state index in [0.717, 1.165) is 11.3 Å². The van der Waals surface area contributed by atoms with Crippen LogP contribution in [0.4, 0.5) is 16.2 Å². The van der Waals surface area contributed by atoms with Gasteiger partial charge in [0.15, 0.2) is 0 Å². The van der Waals surface area contributed by atoms with Gasteiger partial charge in [0, 0.05) is 32.0 Å². The summed E-state index contributed by atoms with van der Waals surface area (Å²) >= 11 is 0.